The maximum atomic E-state index is 3.80. The average molecular weight is 501 g/mol. The molecule has 1 aromatic carbocycles. The Morgan fingerprint density at radius 3 is 2.22 bits per heavy atom. The van der Waals surface area contributed by atoms with Crippen LogP contribution in [0.4, 0.5) is 0 Å². The van der Waals surface area contributed by atoms with Gasteiger partial charge in [-0.25, -0.2) is 0 Å². The Kier molecular flexibility index (Phi) is 7.53. The number of nitrogens with one attached hydrogen (secondary N) is 1. The van der Waals surface area contributed by atoms with Crippen molar-refractivity contribution >= 4 is 63.7 Å². The number of allylic oxidation sites excluding steroid dienone is 4. The van der Waals surface area contributed by atoms with Gasteiger partial charge in [0.1, 0.15) is 0 Å². The molecule has 0 saturated heterocycles. The molecule has 0 spiro atoms. The Labute approximate surface area is 141 Å². The second-order valence-electron chi connectivity index (χ2n) is 3.39. The van der Waals surface area contributed by atoms with Gasteiger partial charge in [0.25, 0.3) is 0 Å². The monoisotopic (exact) mass is 497 g/mol. The number of hydrogen-bond acceptors (Lipinski definition) is 1. The van der Waals surface area contributed by atoms with Crippen LogP contribution in [0.15, 0.2) is 61.0 Å². The van der Waals surface area contributed by atoms with E-state index in [-0.39, 0.29) is 0 Å². The molecule has 1 aromatic rings. The molecule has 5 heteroatoms. The standard InChI is InChI=1S/C13H11Br4N/c1-9(14)12(16)13(17)11(15)8-18-7-10-5-3-2-4-6-10/h2-6,8,18H,1,7H2/b11-8+,13-12-. The molecule has 0 bridgehead atoms. The molecule has 96 valence electrons. The first-order chi connectivity index (χ1) is 8.52. The lowest BCUT2D eigenvalue weighted by Crippen LogP contribution is -2.04. The molecule has 1 nitrogen and oxygen atoms in total. The van der Waals surface area contributed by atoms with Crippen LogP contribution in [0.3, 0.4) is 0 Å². The second kappa shape index (κ2) is 8.35. The minimum Gasteiger partial charge on any atom is -0.386 e. The highest BCUT2D eigenvalue weighted by Crippen LogP contribution is 2.34. The van der Waals surface area contributed by atoms with Gasteiger partial charge < -0.3 is 5.32 Å². The lowest BCUT2D eigenvalue weighted by Gasteiger charge is -2.05. The number of hydrogen-bond donors (Lipinski definition) is 1. The van der Waals surface area contributed by atoms with Crippen LogP contribution in [0.5, 0.6) is 0 Å². The van der Waals surface area contributed by atoms with E-state index in [9.17, 15) is 0 Å². The first-order valence-corrected chi connectivity index (χ1v) is 8.23. The summed E-state index contributed by atoms with van der Waals surface area (Å²) in [7, 11) is 0. The molecule has 1 rings (SSSR count). The molecule has 0 saturated carbocycles. The quantitative estimate of drug-likeness (QED) is 0.495. The summed E-state index contributed by atoms with van der Waals surface area (Å²) >= 11 is 13.7. The van der Waals surface area contributed by atoms with Crippen LogP contribution in [-0.4, -0.2) is 0 Å². The third kappa shape index (κ3) is 5.43. The smallest absolute Gasteiger partial charge is 0.0486 e. The van der Waals surface area contributed by atoms with E-state index in [0.29, 0.717) is 0 Å². The van der Waals surface area contributed by atoms with Crippen LogP contribution >= 0.6 is 63.7 Å². The van der Waals surface area contributed by atoms with E-state index in [1.165, 1.54) is 5.56 Å². The van der Waals surface area contributed by atoms with Gasteiger partial charge in [-0.05, 0) is 53.4 Å². The average Bonchev–Trinajstić information content (AvgIpc) is 2.38. The summed E-state index contributed by atoms with van der Waals surface area (Å²) in [6, 6.07) is 10.2. The summed E-state index contributed by atoms with van der Waals surface area (Å²) in [6.45, 7) is 4.58. The van der Waals surface area contributed by atoms with Gasteiger partial charge >= 0.3 is 0 Å². The highest BCUT2D eigenvalue weighted by atomic mass is 79.9. The SMILES string of the molecule is C=C(Br)/C(Br)=C(Br)\C(Br)=C/NCc1ccccc1. The predicted molar refractivity (Wildman–Crippen MR) is 93.2 cm³/mol. The van der Waals surface area contributed by atoms with Gasteiger partial charge in [-0.1, -0.05) is 52.8 Å². The number of rotatable bonds is 5. The van der Waals surface area contributed by atoms with Gasteiger partial charge in [-0.15, -0.1) is 0 Å². The lowest BCUT2D eigenvalue weighted by atomic mass is 10.2. The van der Waals surface area contributed by atoms with E-state index in [1.54, 1.807) is 0 Å². The molecule has 0 amide bonds. The summed E-state index contributed by atoms with van der Waals surface area (Å²) < 4.78 is 3.45. The van der Waals surface area contributed by atoms with E-state index >= 15 is 0 Å². The molecule has 0 unspecified atom stereocenters. The Morgan fingerprint density at radius 2 is 1.67 bits per heavy atom. The normalized spacial score (nSPS) is 13.0. The van der Waals surface area contributed by atoms with E-state index in [4.69, 9.17) is 0 Å². The summed E-state index contributed by atoms with van der Waals surface area (Å²) in [6.07, 6.45) is 1.90. The first kappa shape index (κ1) is 16.2. The van der Waals surface area contributed by atoms with Gasteiger partial charge in [0.05, 0.1) is 0 Å². The van der Waals surface area contributed by atoms with Crippen molar-refractivity contribution in [2.75, 3.05) is 0 Å². The summed E-state index contributed by atoms with van der Waals surface area (Å²) in [4.78, 5) is 0. The molecule has 1 N–H and O–H groups in total. The van der Waals surface area contributed by atoms with Gasteiger partial charge in [0.2, 0.25) is 0 Å². The van der Waals surface area contributed by atoms with Crippen molar-refractivity contribution in [3.05, 3.63) is 66.6 Å². The van der Waals surface area contributed by atoms with Crippen molar-refractivity contribution in [2.45, 2.75) is 6.54 Å². The molecule has 0 heterocycles. The highest BCUT2D eigenvalue weighted by Gasteiger charge is 2.05. The molecular weight excluding hydrogens is 490 g/mol. The van der Waals surface area contributed by atoms with Gasteiger partial charge in [-0.2, -0.15) is 0 Å². The molecule has 0 aliphatic carbocycles. The van der Waals surface area contributed by atoms with E-state index in [2.05, 4.69) is 87.7 Å². The molecule has 0 aliphatic rings. The molecular formula is C13H11Br4N. The Bertz CT molecular complexity index is 477. The topological polar surface area (TPSA) is 12.0 Å². The van der Waals surface area contributed by atoms with Crippen LogP contribution in [0.1, 0.15) is 5.56 Å². The van der Waals surface area contributed by atoms with Crippen LogP contribution < -0.4 is 5.32 Å². The van der Waals surface area contributed by atoms with E-state index in [0.717, 1.165) is 24.5 Å². The lowest BCUT2D eigenvalue weighted by molar-refractivity contribution is 0.869. The number of halogens is 4. The fourth-order valence-electron chi connectivity index (χ4n) is 1.14. The van der Waals surface area contributed by atoms with Crippen LogP contribution in [0.25, 0.3) is 0 Å². The van der Waals surface area contributed by atoms with Crippen LogP contribution in [0, 0.1) is 0 Å². The largest absolute Gasteiger partial charge is 0.386 e. The van der Waals surface area contributed by atoms with E-state index < -0.39 is 0 Å². The number of benzene rings is 1. The van der Waals surface area contributed by atoms with Crippen molar-refractivity contribution in [1.82, 2.24) is 5.32 Å². The maximum Gasteiger partial charge on any atom is 0.0486 e. The summed E-state index contributed by atoms with van der Waals surface area (Å²) in [5.74, 6) is 0. The third-order valence-corrected chi connectivity index (χ3v) is 6.34. The van der Waals surface area contributed by atoms with E-state index in [1.807, 2.05) is 24.4 Å². The molecule has 0 radical (unpaired) electrons. The fourth-order valence-corrected chi connectivity index (χ4v) is 2.80. The molecule has 0 aliphatic heterocycles. The zero-order valence-electron chi connectivity index (χ0n) is 9.39. The highest BCUT2D eigenvalue weighted by molar-refractivity contribution is 9.17. The minimum atomic E-state index is 0.780. The Balaban J connectivity index is 2.63. The van der Waals surface area contributed by atoms with Gasteiger partial charge in [0, 0.05) is 30.7 Å². The Morgan fingerprint density at radius 1 is 1.06 bits per heavy atom. The van der Waals surface area contributed by atoms with Crippen molar-refractivity contribution in [3.63, 3.8) is 0 Å². The second-order valence-corrected chi connectivity index (χ2v) is 6.79. The molecule has 0 fully saturated rings. The van der Waals surface area contributed by atoms with Crippen LogP contribution in [0.2, 0.25) is 0 Å². The molecule has 18 heavy (non-hydrogen) atoms. The van der Waals surface area contributed by atoms with Gasteiger partial charge in [0.15, 0.2) is 0 Å². The molecule has 0 aromatic heterocycles. The predicted octanol–water partition coefficient (Wildman–Crippen LogP) is 5.92. The van der Waals surface area contributed by atoms with Gasteiger partial charge in [-0.3, -0.25) is 0 Å². The zero-order chi connectivity index (χ0) is 13.5. The van der Waals surface area contributed by atoms with Crippen molar-refractivity contribution in [1.29, 1.82) is 0 Å². The minimum absolute atomic E-state index is 0.780. The fraction of sp³-hybridized carbons (Fsp3) is 0.0769. The summed E-state index contributed by atoms with van der Waals surface area (Å²) in [5.41, 5.74) is 1.23. The first-order valence-electron chi connectivity index (χ1n) is 5.05. The van der Waals surface area contributed by atoms with Crippen LogP contribution in [-0.2, 0) is 6.54 Å². The van der Waals surface area contributed by atoms with Crippen molar-refractivity contribution in [3.8, 4) is 0 Å². The maximum absolute atomic E-state index is 3.80. The Hall–Kier alpha value is 0.160. The van der Waals surface area contributed by atoms with Crippen molar-refractivity contribution in [2.24, 2.45) is 0 Å². The molecule has 0 atom stereocenters. The summed E-state index contributed by atoms with van der Waals surface area (Å²) in [5, 5.41) is 3.24. The van der Waals surface area contributed by atoms with Crippen molar-refractivity contribution < 1.29 is 0 Å². The third-order valence-electron chi connectivity index (χ3n) is 2.02. The zero-order valence-corrected chi connectivity index (χ0v) is 15.7.